The average Bonchev–Trinajstić information content (AvgIpc) is 2.88. The van der Waals surface area contributed by atoms with Crippen LogP contribution in [0.3, 0.4) is 0 Å². The van der Waals surface area contributed by atoms with Gasteiger partial charge in [0, 0.05) is 6.04 Å². The third kappa shape index (κ3) is 3.34. The van der Waals surface area contributed by atoms with Gasteiger partial charge < -0.3 is 4.74 Å². The van der Waals surface area contributed by atoms with E-state index in [9.17, 15) is 0 Å². The molecule has 0 bridgehead atoms. The summed E-state index contributed by atoms with van der Waals surface area (Å²) in [6, 6.07) is 10.5. The molecule has 1 aromatic heterocycles. The zero-order valence-electron chi connectivity index (χ0n) is 12.2. The number of alkyl halides is 1. The molecule has 0 fully saturated rings. The van der Waals surface area contributed by atoms with Crippen LogP contribution >= 0.6 is 11.6 Å². The van der Waals surface area contributed by atoms with Crippen molar-refractivity contribution < 1.29 is 4.74 Å². The molecule has 1 aromatic carbocycles. The van der Waals surface area contributed by atoms with E-state index in [-0.39, 0.29) is 5.38 Å². The fourth-order valence-corrected chi connectivity index (χ4v) is 2.57. The van der Waals surface area contributed by atoms with Crippen molar-refractivity contribution in [1.82, 2.24) is 9.78 Å². The van der Waals surface area contributed by atoms with E-state index in [1.165, 1.54) is 0 Å². The molecular formula is C16H21ClN2O. The zero-order chi connectivity index (χ0) is 14.5. The van der Waals surface area contributed by atoms with Crippen LogP contribution in [0, 0.1) is 0 Å². The fraction of sp³-hybridized carbons (Fsp3) is 0.438. The van der Waals surface area contributed by atoms with Crippen LogP contribution in [0.2, 0.25) is 0 Å². The van der Waals surface area contributed by atoms with E-state index in [1.54, 1.807) is 13.3 Å². The molecule has 0 saturated carbocycles. The molecule has 2 rings (SSSR count). The van der Waals surface area contributed by atoms with Crippen molar-refractivity contribution in [2.45, 2.75) is 38.1 Å². The van der Waals surface area contributed by atoms with Gasteiger partial charge in [0.1, 0.15) is 0 Å². The molecule has 1 unspecified atom stereocenters. The van der Waals surface area contributed by atoms with Crippen LogP contribution in [0.5, 0.6) is 5.75 Å². The highest BCUT2D eigenvalue weighted by Gasteiger charge is 2.16. The molecule has 4 heteroatoms. The van der Waals surface area contributed by atoms with Gasteiger partial charge in [-0.05, 0) is 32.3 Å². The van der Waals surface area contributed by atoms with Gasteiger partial charge in [-0.25, -0.2) is 0 Å². The third-order valence-electron chi connectivity index (χ3n) is 3.37. The summed E-state index contributed by atoms with van der Waals surface area (Å²) in [5.41, 5.74) is 2.27. The Bertz CT molecular complexity index is 537. The summed E-state index contributed by atoms with van der Waals surface area (Å²) in [7, 11) is 1.68. The van der Waals surface area contributed by atoms with Crippen LogP contribution in [0.4, 0.5) is 0 Å². The van der Waals surface area contributed by atoms with Crippen LogP contribution in [0.1, 0.15) is 42.9 Å². The van der Waals surface area contributed by atoms with Crippen molar-refractivity contribution in [3.05, 3.63) is 47.8 Å². The number of ether oxygens (including phenoxy) is 1. The van der Waals surface area contributed by atoms with Crippen LogP contribution in [-0.4, -0.2) is 16.9 Å². The second-order valence-electron chi connectivity index (χ2n) is 5.11. The first-order chi connectivity index (χ1) is 9.63. The Morgan fingerprint density at radius 2 is 1.95 bits per heavy atom. The van der Waals surface area contributed by atoms with E-state index in [0.29, 0.717) is 6.04 Å². The summed E-state index contributed by atoms with van der Waals surface area (Å²) in [6.07, 6.45) is 3.49. The fourth-order valence-electron chi connectivity index (χ4n) is 2.32. The largest absolute Gasteiger partial charge is 0.493 e. The standard InChI is InChI=1S/C16H21ClN2O/c1-12(2)19-15(16(20-3)11-18-19)10-9-14(17)13-7-5-4-6-8-13/h4-8,11-12,14H,9-10H2,1-3H3. The lowest BCUT2D eigenvalue weighted by molar-refractivity contribution is 0.403. The smallest absolute Gasteiger partial charge is 0.159 e. The number of rotatable bonds is 6. The second-order valence-corrected chi connectivity index (χ2v) is 5.64. The van der Waals surface area contributed by atoms with Crippen LogP contribution < -0.4 is 4.74 Å². The quantitative estimate of drug-likeness (QED) is 0.739. The molecule has 1 atom stereocenters. The molecule has 0 saturated heterocycles. The van der Waals surface area contributed by atoms with Gasteiger partial charge >= 0.3 is 0 Å². The first-order valence-electron chi connectivity index (χ1n) is 6.93. The number of benzene rings is 1. The monoisotopic (exact) mass is 292 g/mol. The number of halogens is 1. The van der Waals surface area contributed by atoms with Crippen LogP contribution in [-0.2, 0) is 6.42 Å². The highest BCUT2D eigenvalue weighted by Crippen LogP contribution is 2.29. The van der Waals surface area contributed by atoms with Gasteiger partial charge in [0.2, 0.25) is 0 Å². The maximum atomic E-state index is 6.48. The Kier molecular flexibility index (Phi) is 5.07. The number of methoxy groups -OCH3 is 1. The van der Waals surface area contributed by atoms with Gasteiger partial charge in [-0.2, -0.15) is 5.10 Å². The van der Waals surface area contributed by atoms with Gasteiger partial charge in [-0.1, -0.05) is 30.3 Å². The zero-order valence-corrected chi connectivity index (χ0v) is 13.0. The molecule has 0 N–H and O–H groups in total. The van der Waals surface area contributed by atoms with E-state index >= 15 is 0 Å². The van der Waals surface area contributed by atoms with Gasteiger partial charge in [0.15, 0.2) is 5.75 Å². The molecule has 0 aliphatic heterocycles. The summed E-state index contributed by atoms with van der Waals surface area (Å²) < 4.78 is 7.40. The molecule has 108 valence electrons. The minimum atomic E-state index is 0.0106. The molecule has 0 amide bonds. The van der Waals surface area contributed by atoms with E-state index < -0.39 is 0 Å². The van der Waals surface area contributed by atoms with E-state index in [4.69, 9.17) is 16.3 Å². The van der Waals surface area contributed by atoms with Gasteiger partial charge in [-0.15, -0.1) is 11.6 Å². The van der Waals surface area contributed by atoms with Gasteiger partial charge in [0.25, 0.3) is 0 Å². The van der Waals surface area contributed by atoms with Gasteiger partial charge in [-0.3, -0.25) is 4.68 Å². The molecule has 0 spiro atoms. The number of hydrogen-bond acceptors (Lipinski definition) is 2. The summed E-state index contributed by atoms with van der Waals surface area (Å²) in [4.78, 5) is 0. The normalized spacial score (nSPS) is 12.7. The van der Waals surface area contributed by atoms with Gasteiger partial charge in [0.05, 0.1) is 24.4 Å². The Balaban J connectivity index is 2.09. The molecule has 2 aromatic rings. The molecule has 3 nitrogen and oxygen atoms in total. The summed E-state index contributed by atoms with van der Waals surface area (Å²) >= 11 is 6.48. The number of aromatic nitrogens is 2. The minimum Gasteiger partial charge on any atom is -0.493 e. The predicted octanol–water partition coefficient (Wildman–Crippen LogP) is 4.39. The van der Waals surface area contributed by atoms with Crippen molar-refractivity contribution in [1.29, 1.82) is 0 Å². The SMILES string of the molecule is COc1cnn(C(C)C)c1CCC(Cl)c1ccccc1. The highest BCUT2D eigenvalue weighted by atomic mass is 35.5. The average molecular weight is 293 g/mol. The van der Waals surface area contributed by atoms with Crippen molar-refractivity contribution in [2.75, 3.05) is 7.11 Å². The Morgan fingerprint density at radius 3 is 2.55 bits per heavy atom. The molecule has 0 aliphatic rings. The molecule has 0 radical (unpaired) electrons. The topological polar surface area (TPSA) is 27.1 Å². The second kappa shape index (κ2) is 6.80. The first kappa shape index (κ1) is 14.9. The van der Waals surface area contributed by atoms with E-state index in [2.05, 4.69) is 31.1 Å². The highest BCUT2D eigenvalue weighted by molar-refractivity contribution is 6.20. The van der Waals surface area contributed by atoms with Crippen LogP contribution in [0.15, 0.2) is 36.5 Å². The van der Waals surface area contributed by atoms with Crippen molar-refractivity contribution in [3.63, 3.8) is 0 Å². The first-order valence-corrected chi connectivity index (χ1v) is 7.36. The third-order valence-corrected chi connectivity index (χ3v) is 3.84. The minimum absolute atomic E-state index is 0.0106. The van der Waals surface area contributed by atoms with Crippen molar-refractivity contribution in [2.24, 2.45) is 0 Å². The Labute approximate surface area is 125 Å². The Hall–Kier alpha value is -1.48. The Morgan fingerprint density at radius 1 is 1.25 bits per heavy atom. The lowest BCUT2D eigenvalue weighted by Crippen LogP contribution is -2.09. The van der Waals surface area contributed by atoms with Crippen LogP contribution in [0.25, 0.3) is 0 Å². The predicted molar refractivity (Wildman–Crippen MR) is 82.5 cm³/mol. The lowest BCUT2D eigenvalue weighted by atomic mass is 10.1. The maximum absolute atomic E-state index is 6.48. The maximum Gasteiger partial charge on any atom is 0.159 e. The van der Waals surface area contributed by atoms with E-state index in [1.807, 2.05) is 22.9 Å². The summed E-state index contributed by atoms with van der Waals surface area (Å²) in [5, 5.41) is 4.40. The summed E-state index contributed by atoms with van der Waals surface area (Å²) in [6.45, 7) is 4.23. The molecule has 20 heavy (non-hydrogen) atoms. The lowest BCUT2D eigenvalue weighted by Gasteiger charge is -2.14. The van der Waals surface area contributed by atoms with Crippen molar-refractivity contribution in [3.8, 4) is 5.75 Å². The number of hydrogen-bond donors (Lipinski definition) is 0. The molecular weight excluding hydrogens is 272 g/mol. The molecule has 0 aliphatic carbocycles. The number of nitrogens with zero attached hydrogens (tertiary/aromatic N) is 2. The van der Waals surface area contributed by atoms with Crippen molar-refractivity contribution >= 4 is 11.6 Å². The summed E-state index contributed by atoms with van der Waals surface area (Å²) in [5.74, 6) is 0.843. The van der Waals surface area contributed by atoms with E-state index in [0.717, 1.165) is 29.8 Å². The molecule has 1 heterocycles.